The van der Waals surface area contributed by atoms with Gasteiger partial charge in [0.15, 0.2) is 0 Å². The molecule has 47 heavy (non-hydrogen) atoms. The smallest absolute Gasteiger partial charge is 0.0546 e. The minimum absolute atomic E-state index is 1.10. The van der Waals surface area contributed by atoms with E-state index >= 15 is 0 Å². The summed E-state index contributed by atoms with van der Waals surface area (Å²) in [5.41, 5.74) is 12.9. The van der Waals surface area contributed by atoms with E-state index in [1.165, 1.54) is 55.3 Å². The first-order valence-electron chi connectivity index (χ1n) is 16.1. The van der Waals surface area contributed by atoms with Crippen molar-refractivity contribution in [3.8, 4) is 44.5 Å². The van der Waals surface area contributed by atoms with Crippen molar-refractivity contribution in [2.45, 2.75) is 0 Å². The summed E-state index contributed by atoms with van der Waals surface area (Å²) in [6.07, 6.45) is 0. The molecule has 0 spiro atoms. The Morgan fingerprint density at radius 3 is 1.36 bits per heavy atom. The predicted molar refractivity (Wildman–Crippen MR) is 200 cm³/mol. The van der Waals surface area contributed by atoms with E-state index < -0.39 is 0 Å². The van der Waals surface area contributed by atoms with E-state index in [-0.39, 0.29) is 0 Å². The summed E-state index contributed by atoms with van der Waals surface area (Å²) in [7, 11) is 0. The molecule has 222 valence electrons. The largest absolute Gasteiger partial charge is 0.309 e. The van der Waals surface area contributed by atoms with Crippen molar-refractivity contribution in [2.24, 2.45) is 0 Å². The molecular formula is C46H33N. The summed E-state index contributed by atoms with van der Waals surface area (Å²) in [5, 5.41) is 2.40. The van der Waals surface area contributed by atoms with Gasteiger partial charge in [-0.2, -0.15) is 0 Å². The lowest BCUT2D eigenvalue weighted by Crippen LogP contribution is -2.12. The number of anilines is 3. The average Bonchev–Trinajstić information content (AvgIpc) is 3.16. The van der Waals surface area contributed by atoms with Crippen molar-refractivity contribution in [1.82, 2.24) is 0 Å². The Labute approximate surface area is 276 Å². The number of nitrogens with zero attached hydrogens (tertiary/aromatic N) is 1. The van der Waals surface area contributed by atoms with E-state index in [2.05, 4.69) is 205 Å². The van der Waals surface area contributed by atoms with Crippen molar-refractivity contribution in [2.75, 3.05) is 4.90 Å². The molecule has 0 saturated heterocycles. The molecule has 0 fully saturated rings. The van der Waals surface area contributed by atoms with Crippen LogP contribution in [0, 0.1) is 0 Å². The van der Waals surface area contributed by atoms with Crippen LogP contribution in [-0.4, -0.2) is 0 Å². The predicted octanol–water partition coefficient (Wildman–Crippen LogP) is 13.0. The van der Waals surface area contributed by atoms with Crippen LogP contribution >= 0.6 is 0 Å². The lowest BCUT2D eigenvalue weighted by Gasteiger charge is -2.30. The van der Waals surface area contributed by atoms with Crippen molar-refractivity contribution in [3.63, 3.8) is 0 Å². The molecule has 0 aromatic heterocycles. The molecule has 0 atom stereocenters. The van der Waals surface area contributed by atoms with Crippen LogP contribution in [0.4, 0.5) is 17.1 Å². The normalized spacial score (nSPS) is 11.0. The van der Waals surface area contributed by atoms with Crippen LogP contribution in [0.1, 0.15) is 0 Å². The third-order valence-electron chi connectivity index (χ3n) is 8.85. The fraction of sp³-hybridized carbons (Fsp3) is 0. The zero-order valence-electron chi connectivity index (χ0n) is 26.0. The second kappa shape index (κ2) is 12.7. The zero-order valence-corrected chi connectivity index (χ0v) is 26.0. The summed E-state index contributed by atoms with van der Waals surface area (Å²) >= 11 is 0. The second-order valence-corrected chi connectivity index (χ2v) is 11.8. The van der Waals surface area contributed by atoms with Crippen LogP contribution < -0.4 is 4.90 Å². The topological polar surface area (TPSA) is 3.24 Å². The van der Waals surface area contributed by atoms with E-state index in [4.69, 9.17) is 0 Å². The summed E-state index contributed by atoms with van der Waals surface area (Å²) < 4.78 is 0. The molecule has 0 heterocycles. The Kier molecular flexibility index (Phi) is 7.63. The Balaban J connectivity index is 1.40. The number of fused-ring (bicyclic) bond motifs is 1. The first-order chi connectivity index (χ1) is 23.3. The zero-order chi connectivity index (χ0) is 31.4. The maximum Gasteiger partial charge on any atom is 0.0546 e. The number of hydrogen-bond donors (Lipinski definition) is 0. The highest BCUT2D eigenvalue weighted by molar-refractivity contribution is 6.04. The summed E-state index contributed by atoms with van der Waals surface area (Å²) in [5.74, 6) is 0. The van der Waals surface area contributed by atoms with Crippen LogP contribution in [0.25, 0.3) is 55.3 Å². The van der Waals surface area contributed by atoms with Gasteiger partial charge in [-0.1, -0.05) is 164 Å². The molecule has 0 bridgehead atoms. The van der Waals surface area contributed by atoms with Crippen LogP contribution in [0.15, 0.2) is 200 Å². The van der Waals surface area contributed by atoms with Gasteiger partial charge in [-0.25, -0.2) is 0 Å². The van der Waals surface area contributed by atoms with Gasteiger partial charge in [-0.05, 0) is 80.7 Å². The molecule has 8 aromatic rings. The molecule has 0 N–H and O–H groups in total. The molecule has 0 radical (unpaired) electrons. The molecular weight excluding hydrogens is 567 g/mol. The van der Waals surface area contributed by atoms with Gasteiger partial charge in [0.05, 0.1) is 11.4 Å². The van der Waals surface area contributed by atoms with E-state index in [0.717, 1.165) is 17.1 Å². The van der Waals surface area contributed by atoms with Gasteiger partial charge in [-0.15, -0.1) is 0 Å². The van der Waals surface area contributed by atoms with Crippen molar-refractivity contribution >= 4 is 27.8 Å². The van der Waals surface area contributed by atoms with Gasteiger partial charge in [0.1, 0.15) is 0 Å². The van der Waals surface area contributed by atoms with Crippen LogP contribution in [0.5, 0.6) is 0 Å². The molecule has 1 nitrogen and oxygen atoms in total. The van der Waals surface area contributed by atoms with Crippen LogP contribution in [-0.2, 0) is 0 Å². The lowest BCUT2D eigenvalue weighted by molar-refractivity contribution is 1.30. The van der Waals surface area contributed by atoms with Crippen molar-refractivity contribution < 1.29 is 0 Å². The van der Waals surface area contributed by atoms with Gasteiger partial charge in [0.2, 0.25) is 0 Å². The summed E-state index contributed by atoms with van der Waals surface area (Å²) in [6.45, 7) is 0. The molecule has 8 rings (SSSR count). The third-order valence-corrected chi connectivity index (χ3v) is 8.85. The molecule has 0 amide bonds. The fourth-order valence-corrected chi connectivity index (χ4v) is 6.50. The van der Waals surface area contributed by atoms with E-state index in [0.29, 0.717) is 0 Å². The molecule has 0 saturated carbocycles. The van der Waals surface area contributed by atoms with Gasteiger partial charge >= 0.3 is 0 Å². The van der Waals surface area contributed by atoms with Crippen molar-refractivity contribution in [3.05, 3.63) is 200 Å². The van der Waals surface area contributed by atoms with E-state index in [1.807, 2.05) is 0 Å². The first kappa shape index (κ1) is 28.3. The quantitative estimate of drug-likeness (QED) is 0.176. The lowest BCUT2D eigenvalue weighted by atomic mass is 9.94. The first-order valence-corrected chi connectivity index (χ1v) is 16.1. The summed E-state index contributed by atoms with van der Waals surface area (Å²) in [4.78, 5) is 2.45. The third kappa shape index (κ3) is 5.72. The SMILES string of the molecule is c1ccc(-c2ccc(N(c3ccc(-c4ccccc4)cc3-c3ccccc3)c3cc(-c4ccccc4)cc4ccccc34)cc2)cc1. The standard InChI is InChI=1S/C46H33N/c1-5-15-34(16-6-1)37-25-28-42(29-26-37)47(46-33-41(36-19-9-3-10-20-36)31-40-23-13-14-24-43(40)46)45-30-27-39(35-17-7-2-8-18-35)32-44(45)38-21-11-4-12-22-38/h1-33H. The summed E-state index contributed by atoms with van der Waals surface area (Å²) in [6, 6.07) is 71.9. The van der Waals surface area contributed by atoms with Gasteiger partial charge in [0, 0.05) is 16.6 Å². The maximum absolute atomic E-state index is 2.45. The Morgan fingerprint density at radius 1 is 0.277 bits per heavy atom. The molecule has 1 heteroatoms. The highest BCUT2D eigenvalue weighted by Gasteiger charge is 2.21. The number of benzene rings is 8. The Bertz CT molecular complexity index is 2260. The highest BCUT2D eigenvalue weighted by Crippen LogP contribution is 2.46. The molecule has 0 aliphatic carbocycles. The highest BCUT2D eigenvalue weighted by atomic mass is 15.1. The molecule has 0 unspecified atom stereocenters. The number of hydrogen-bond acceptors (Lipinski definition) is 1. The van der Waals surface area contributed by atoms with Gasteiger partial charge in [-0.3, -0.25) is 0 Å². The van der Waals surface area contributed by atoms with Crippen LogP contribution in [0.3, 0.4) is 0 Å². The minimum atomic E-state index is 1.10. The Hall–Kier alpha value is -6.18. The van der Waals surface area contributed by atoms with Gasteiger partial charge < -0.3 is 4.90 Å². The molecule has 8 aromatic carbocycles. The molecule has 0 aliphatic heterocycles. The minimum Gasteiger partial charge on any atom is -0.309 e. The maximum atomic E-state index is 2.45. The second-order valence-electron chi connectivity index (χ2n) is 11.8. The average molecular weight is 600 g/mol. The van der Waals surface area contributed by atoms with Crippen LogP contribution in [0.2, 0.25) is 0 Å². The monoisotopic (exact) mass is 599 g/mol. The van der Waals surface area contributed by atoms with Crippen molar-refractivity contribution in [1.29, 1.82) is 0 Å². The van der Waals surface area contributed by atoms with Gasteiger partial charge in [0.25, 0.3) is 0 Å². The Morgan fingerprint density at radius 2 is 0.745 bits per heavy atom. The molecule has 0 aliphatic rings. The fourth-order valence-electron chi connectivity index (χ4n) is 6.50. The number of rotatable bonds is 7. The van der Waals surface area contributed by atoms with E-state index in [9.17, 15) is 0 Å². The van der Waals surface area contributed by atoms with E-state index in [1.54, 1.807) is 0 Å².